The van der Waals surface area contributed by atoms with E-state index in [-0.39, 0.29) is 5.91 Å². The van der Waals surface area contributed by atoms with E-state index in [2.05, 4.69) is 15.5 Å². The van der Waals surface area contributed by atoms with E-state index < -0.39 is 0 Å². The Hall–Kier alpha value is -1.73. The van der Waals surface area contributed by atoms with Crippen LogP contribution in [-0.2, 0) is 11.3 Å². The van der Waals surface area contributed by atoms with E-state index in [0.29, 0.717) is 40.1 Å². The number of halogens is 1. The summed E-state index contributed by atoms with van der Waals surface area (Å²) in [6, 6.07) is 5.76. The largest absolute Gasteiger partial charge is 0.496 e. The van der Waals surface area contributed by atoms with E-state index in [9.17, 15) is 4.79 Å². The van der Waals surface area contributed by atoms with E-state index in [4.69, 9.17) is 16.3 Å². The molecule has 0 bridgehead atoms. The monoisotopic (exact) mass is 366 g/mol. The summed E-state index contributed by atoms with van der Waals surface area (Å²) in [7, 11) is 1.61. The molecule has 1 amide bonds. The molecule has 1 N–H and O–H groups in total. The van der Waals surface area contributed by atoms with Crippen LogP contribution >= 0.6 is 23.4 Å². The first-order chi connectivity index (χ1) is 11.6. The number of hydrogen-bond donors (Lipinski definition) is 1. The quantitative estimate of drug-likeness (QED) is 0.763. The highest BCUT2D eigenvalue weighted by molar-refractivity contribution is 7.99. The predicted octanol–water partition coefficient (Wildman–Crippen LogP) is 3.00. The molecule has 0 unspecified atom stereocenters. The fraction of sp³-hybridized carbons (Fsp3) is 0.438. The van der Waals surface area contributed by atoms with Gasteiger partial charge in [0.15, 0.2) is 11.0 Å². The van der Waals surface area contributed by atoms with Crippen molar-refractivity contribution in [2.45, 2.75) is 37.5 Å². The van der Waals surface area contributed by atoms with Crippen LogP contribution in [0.1, 0.15) is 19.8 Å². The van der Waals surface area contributed by atoms with Gasteiger partial charge in [-0.2, -0.15) is 0 Å². The van der Waals surface area contributed by atoms with Crippen molar-refractivity contribution < 1.29 is 9.53 Å². The molecule has 2 aromatic rings. The zero-order valence-corrected chi connectivity index (χ0v) is 15.2. The van der Waals surface area contributed by atoms with Gasteiger partial charge in [-0.05, 0) is 38.0 Å². The number of thioether (sulfide) groups is 1. The maximum Gasteiger partial charge on any atom is 0.230 e. The average molecular weight is 367 g/mol. The maximum atomic E-state index is 11.9. The Bertz CT molecular complexity index is 746. The minimum Gasteiger partial charge on any atom is -0.496 e. The number of nitrogens with zero attached hydrogens (tertiary/aromatic N) is 3. The zero-order chi connectivity index (χ0) is 17.1. The van der Waals surface area contributed by atoms with Crippen molar-refractivity contribution in [1.29, 1.82) is 0 Å². The van der Waals surface area contributed by atoms with Gasteiger partial charge in [-0.25, -0.2) is 0 Å². The molecule has 0 atom stereocenters. The van der Waals surface area contributed by atoms with Crippen LogP contribution in [0.15, 0.2) is 23.4 Å². The Labute approximate surface area is 149 Å². The van der Waals surface area contributed by atoms with Crippen LogP contribution in [0.5, 0.6) is 5.75 Å². The van der Waals surface area contributed by atoms with Crippen LogP contribution in [0.4, 0.5) is 0 Å². The van der Waals surface area contributed by atoms with Crippen LogP contribution in [0.25, 0.3) is 11.4 Å². The summed E-state index contributed by atoms with van der Waals surface area (Å²) in [5, 5.41) is 12.8. The van der Waals surface area contributed by atoms with Gasteiger partial charge in [0.2, 0.25) is 5.91 Å². The molecule has 1 aromatic heterocycles. The van der Waals surface area contributed by atoms with Gasteiger partial charge in [-0.3, -0.25) is 4.79 Å². The van der Waals surface area contributed by atoms with Crippen LogP contribution in [0.3, 0.4) is 0 Å². The van der Waals surface area contributed by atoms with Crippen LogP contribution in [0, 0.1) is 0 Å². The summed E-state index contributed by atoms with van der Waals surface area (Å²) in [6.45, 7) is 2.70. The Morgan fingerprint density at radius 1 is 1.46 bits per heavy atom. The Morgan fingerprint density at radius 2 is 2.25 bits per heavy atom. The lowest BCUT2D eigenvalue weighted by atomic mass is 10.2. The molecule has 8 heteroatoms. The summed E-state index contributed by atoms with van der Waals surface area (Å²) in [4.78, 5) is 11.9. The van der Waals surface area contributed by atoms with Gasteiger partial charge in [0.25, 0.3) is 0 Å². The highest BCUT2D eigenvalue weighted by atomic mass is 35.5. The molecule has 1 heterocycles. The third kappa shape index (κ3) is 3.84. The van der Waals surface area contributed by atoms with Crippen molar-refractivity contribution in [3.63, 3.8) is 0 Å². The van der Waals surface area contributed by atoms with Crippen LogP contribution in [0.2, 0.25) is 5.02 Å². The molecule has 0 radical (unpaired) electrons. The van der Waals surface area contributed by atoms with Gasteiger partial charge in [0.05, 0.1) is 18.4 Å². The molecule has 1 fully saturated rings. The smallest absolute Gasteiger partial charge is 0.230 e. The van der Waals surface area contributed by atoms with Gasteiger partial charge in [0.1, 0.15) is 5.75 Å². The lowest BCUT2D eigenvalue weighted by Gasteiger charge is -2.11. The van der Waals surface area contributed by atoms with Crippen LogP contribution in [-0.4, -0.2) is 39.6 Å². The first-order valence-corrected chi connectivity index (χ1v) is 9.18. The number of ether oxygens (including phenoxy) is 1. The molecule has 0 spiro atoms. The third-order valence-corrected chi connectivity index (χ3v) is 4.91. The van der Waals surface area contributed by atoms with Crippen molar-refractivity contribution in [2.75, 3.05) is 12.9 Å². The van der Waals surface area contributed by atoms with Gasteiger partial charge in [0, 0.05) is 17.6 Å². The zero-order valence-electron chi connectivity index (χ0n) is 13.6. The van der Waals surface area contributed by atoms with Crippen LogP contribution < -0.4 is 10.1 Å². The lowest BCUT2D eigenvalue weighted by molar-refractivity contribution is -0.118. The molecule has 1 aliphatic carbocycles. The second kappa shape index (κ2) is 7.44. The molecule has 0 aliphatic heterocycles. The van der Waals surface area contributed by atoms with E-state index in [1.165, 1.54) is 11.8 Å². The van der Waals surface area contributed by atoms with Crippen molar-refractivity contribution in [3.8, 4) is 17.1 Å². The van der Waals surface area contributed by atoms with E-state index >= 15 is 0 Å². The summed E-state index contributed by atoms with van der Waals surface area (Å²) >= 11 is 7.50. The summed E-state index contributed by atoms with van der Waals surface area (Å²) in [5.74, 6) is 1.74. The number of carbonyl (C=O) groups is 1. The standard InChI is InChI=1S/C16H19ClN4O2S/c1-3-21-15(12-8-10(17)4-7-13(12)23-2)19-20-16(21)24-9-14(22)18-11-5-6-11/h4,7-8,11H,3,5-6,9H2,1-2H3,(H,18,22). The molecule has 1 saturated carbocycles. The highest BCUT2D eigenvalue weighted by Gasteiger charge is 2.24. The Morgan fingerprint density at radius 3 is 2.92 bits per heavy atom. The van der Waals surface area contributed by atoms with Gasteiger partial charge in [-0.1, -0.05) is 23.4 Å². The fourth-order valence-corrected chi connectivity index (χ4v) is 3.35. The predicted molar refractivity (Wildman–Crippen MR) is 94.6 cm³/mol. The topological polar surface area (TPSA) is 69.0 Å². The number of hydrogen-bond acceptors (Lipinski definition) is 5. The summed E-state index contributed by atoms with van der Waals surface area (Å²) in [6.07, 6.45) is 2.17. The molecule has 3 rings (SSSR count). The van der Waals surface area contributed by atoms with Crippen molar-refractivity contribution in [3.05, 3.63) is 23.2 Å². The number of nitrogens with one attached hydrogen (secondary N) is 1. The first kappa shape index (κ1) is 17.1. The molecule has 0 saturated heterocycles. The van der Waals surface area contributed by atoms with E-state index in [1.54, 1.807) is 13.2 Å². The number of rotatable bonds is 7. The minimum absolute atomic E-state index is 0.0371. The number of amides is 1. The lowest BCUT2D eigenvalue weighted by Crippen LogP contribution is -2.27. The van der Waals surface area contributed by atoms with Gasteiger partial charge >= 0.3 is 0 Å². The van der Waals surface area contributed by atoms with Gasteiger partial charge < -0.3 is 14.6 Å². The molecule has 128 valence electrons. The van der Waals surface area contributed by atoms with E-state index in [0.717, 1.165) is 18.4 Å². The van der Waals surface area contributed by atoms with E-state index in [1.807, 2.05) is 23.6 Å². The second-order valence-corrected chi connectivity index (χ2v) is 6.90. The second-order valence-electron chi connectivity index (χ2n) is 5.53. The normalized spacial score (nSPS) is 13.8. The van der Waals surface area contributed by atoms with Crippen molar-refractivity contribution in [1.82, 2.24) is 20.1 Å². The van der Waals surface area contributed by atoms with Gasteiger partial charge in [-0.15, -0.1) is 10.2 Å². The number of aromatic nitrogens is 3. The minimum atomic E-state index is 0.0371. The SMILES string of the molecule is CCn1c(SCC(=O)NC2CC2)nnc1-c1cc(Cl)ccc1OC. The van der Waals surface area contributed by atoms with Crippen molar-refractivity contribution in [2.24, 2.45) is 0 Å². The fourth-order valence-electron chi connectivity index (χ4n) is 2.36. The highest BCUT2D eigenvalue weighted by Crippen LogP contribution is 2.33. The molecular weight excluding hydrogens is 348 g/mol. The third-order valence-electron chi connectivity index (χ3n) is 3.71. The van der Waals surface area contributed by atoms with Crippen molar-refractivity contribution >= 4 is 29.3 Å². The molecular formula is C16H19ClN4O2S. The number of carbonyl (C=O) groups excluding carboxylic acids is 1. The Kier molecular flexibility index (Phi) is 5.30. The summed E-state index contributed by atoms with van der Waals surface area (Å²) in [5.41, 5.74) is 0.786. The Balaban J connectivity index is 1.81. The molecule has 24 heavy (non-hydrogen) atoms. The summed E-state index contributed by atoms with van der Waals surface area (Å²) < 4.78 is 7.36. The first-order valence-electron chi connectivity index (χ1n) is 7.81. The molecule has 6 nitrogen and oxygen atoms in total. The maximum absolute atomic E-state index is 11.9. The molecule has 1 aromatic carbocycles. The molecule has 1 aliphatic rings. The average Bonchev–Trinajstić information content (AvgIpc) is 3.29. The number of benzene rings is 1. The number of methoxy groups -OCH3 is 1.